The summed E-state index contributed by atoms with van der Waals surface area (Å²) in [5.74, 6) is 0.263. The number of methoxy groups -OCH3 is 1. The number of carbonyl (C=O) groups is 1. The number of para-hydroxylation sites is 1. The summed E-state index contributed by atoms with van der Waals surface area (Å²) in [4.78, 5) is 16.3. The number of benzene rings is 1. The SMILES string of the molecule is COc1ccccc1C(O)CC(=O)N(C)OC. The number of hydroxylamine groups is 2. The molecule has 0 aliphatic carbocycles. The quantitative estimate of drug-likeness (QED) is 0.783. The summed E-state index contributed by atoms with van der Waals surface area (Å²) in [6.07, 6.45) is -0.957. The van der Waals surface area contributed by atoms with Gasteiger partial charge >= 0.3 is 0 Å². The topological polar surface area (TPSA) is 59.0 Å². The molecule has 0 radical (unpaired) electrons. The van der Waals surface area contributed by atoms with Crippen molar-refractivity contribution in [2.75, 3.05) is 21.3 Å². The number of amides is 1. The monoisotopic (exact) mass is 239 g/mol. The predicted molar refractivity (Wildman–Crippen MR) is 62.3 cm³/mol. The van der Waals surface area contributed by atoms with Gasteiger partial charge in [-0.3, -0.25) is 9.63 Å². The summed E-state index contributed by atoms with van der Waals surface area (Å²) < 4.78 is 5.12. The lowest BCUT2D eigenvalue weighted by Crippen LogP contribution is -2.26. The van der Waals surface area contributed by atoms with Crippen molar-refractivity contribution >= 4 is 5.91 Å². The number of carbonyl (C=O) groups excluding carboxylic acids is 1. The fourth-order valence-corrected chi connectivity index (χ4v) is 1.45. The average Bonchev–Trinajstić information content (AvgIpc) is 2.37. The molecule has 17 heavy (non-hydrogen) atoms. The highest BCUT2D eigenvalue weighted by atomic mass is 16.7. The van der Waals surface area contributed by atoms with Gasteiger partial charge in [0.05, 0.1) is 26.7 Å². The molecule has 0 spiro atoms. The van der Waals surface area contributed by atoms with E-state index in [2.05, 4.69) is 0 Å². The van der Waals surface area contributed by atoms with Gasteiger partial charge < -0.3 is 9.84 Å². The van der Waals surface area contributed by atoms with Crippen LogP contribution in [0.25, 0.3) is 0 Å². The van der Waals surface area contributed by atoms with Gasteiger partial charge in [0.15, 0.2) is 0 Å². The molecule has 5 nitrogen and oxygen atoms in total. The van der Waals surface area contributed by atoms with E-state index in [1.54, 1.807) is 24.3 Å². The molecule has 1 unspecified atom stereocenters. The maximum atomic E-state index is 11.6. The molecule has 0 fully saturated rings. The first-order valence-electron chi connectivity index (χ1n) is 5.21. The van der Waals surface area contributed by atoms with E-state index in [1.807, 2.05) is 0 Å². The van der Waals surface area contributed by atoms with Crippen molar-refractivity contribution in [1.29, 1.82) is 0 Å². The molecule has 1 atom stereocenters. The third kappa shape index (κ3) is 3.44. The van der Waals surface area contributed by atoms with Crippen molar-refractivity contribution in [3.8, 4) is 5.75 Å². The van der Waals surface area contributed by atoms with Crippen LogP contribution in [-0.2, 0) is 9.63 Å². The number of aliphatic hydroxyl groups is 1. The van der Waals surface area contributed by atoms with Crippen molar-refractivity contribution in [3.05, 3.63) is 29.8 Å². The minimum absolute atomic E-state index is 0.0509. The highest BCUT2D eigenvalue weighted by molar-refractivity contribution is 5.75. The Morgan fingerprint density at radius 3 is 2.65 bits per heavy atom. The predicted octanol–water partition coefficient (Wildman–Crippen LogP) is 1.14. The van der Waals surface area contributed by atoms with Crippen LogP contribution >= 0.6 is 0 Å². The van der Waals surface area contributed by atoms with Gasteiger partial charge in [0.2, 0.25) is 5.91 Å². The maximum Gasteiger partial charge on any atom is 0.248 e. The van der Waals surface area contributed by atoms with E-state index >= 15 is 0 Å². The van der Waals surface area contributed by atoms with Gasteiger partial charge in [-0.1, -0.05) is 18.2 Å². The number of ether oxygens (including phenoxy) is 1. The average molecular weight is 239 g/mol. The molecular formula is C12H17NO4. The molecule has 0 saturated heterocycles. The Morgan fingerprint density at radius 1 is 1.41 bits per heavy atom. The van der Waals surface area contributed by atoms with Crippen LogP contribution in [0.1, 0.15) is 18.1 Å². The second-order valence-electron chi connectivity index (χ2n) is 3.54. The molecule has 0 heterocycles. The molecule has 0 aliphatic heterocycles. The molecule has 1 aromatic rings. The van der Waals surface area contributed by atoms with Gasteiger partial charge in [-0.15, -0.1) is 0 Å². The van der Waals surface area contributed by atoms with Gasteiger partial charge in [-0.25, -0.2) is 5.06 Å². The second-order valence-corrected chi connectivity index (χ2v) is 3.54. The lowest BCUT2D eigenvalue weighted by atomic mass is 10.1. The lowest BCUT2D eigenvalue weighted by Gasteiger charge is -2.18. The number of rotatable bonds is 5. The Kier molecular flexibility index (Phi) is 4.93. The minimum atomic E-state index is -0.906. The molecule has 0 bridgehead atoms. The molecule has 1 N–H and O–H groups in total. The standard InChI is InChI=1S/C12H17NO4/c1-13(17-3)12(15)8-10(14)9-6-4-5-7-11(9)16-2/h4-7,10,14H,8H2,1-3H3. The Labute approximate surface area is 101 Å². The van der Waals surface area contributed by atoms with E-state index in [9.17, 15) is 9.90 Å². The first-order valence-corrected chi connectivity index (χ1v) is 5.21. The number of nitrogens with zero attached hydrogens (tertiary/aromatic N) is 1. The van der Waals surface area contributed by atoms with Crippen molar-refractivity contribution < 1.29 is 19.5 Å². The van der Waals surface area contributed by atoms with Crippen LogP contribution in [0.5, 0.6) is 5.75 Å². The van der Waals surface area contributed by atoms with Crippen LogP contribution in [0, 0.1) is 0 Å². The van der Waals surface area contributed by atoms with E-state index in [1.165, 1.54) is 21.3 Å². The molecule has 5 heteroatoms. The summed E-state index contributed by atoms with van der Waals surface area (Å²) in [7, 11) is 4.42. The fourth-order valence-electron chi connectivity index (χ4n) is 1.45. The summed E-state index contributed by atoms with van der Waals surface area (Å²) in [6, 6.07) is 7.05. The van der Waals surface area contributed by atoms with Gasteiger partial charge in [0.25, 0.3) is 0 Å². The van der Waals surface area contributed by atoms with E-state index in [0.29, 0.717) is 11.3 Å². The van der Waals surface area contributed by atoms with Crippen molar-refractivity contribution in [3.63, 3.8) is 0 Å². The Morgan fingerprint density at radius 2 is 2.06 bits per heavy atom. The highest BCUT2D eigenvalue weighted by Gasteiger charge is 2.18. The van der Waals surface area contributed by atoms with Crippen molar-refractivity contribution in [1.82, 2.24) is 5.06 Å². The summed E-state index contributed by atoms with van der Waals surface area (Å²) in [5.41, 5.74) is 0.591. The van der Waals surface area contributed by atoms with Crippen LogP contribution in [-0.4, -0.2) is 37.3 Å². The molecule has 1 amide bonds. The normalized spacial score (nSPS) is 12.0. The van der Waals surface area contributed by atoms with E-state index in [0.717, 1.165) is 5.06 Å². The van der Waals surface area contributed by atoms with Crippen LogP contribution in [0.15, 0.2) is 24.3 Å². The fraction of sp³-hybridized carbons (Fsp3) is 0.417. The van der Waals surface area contributed by atoms with Crippen molar-refractivity contribution in [2.24, 2.45) is 0 Å². The second kappa shape index (κ2) is 6.22. The third-order valence-electron chi connectivity index (χ3n) is 2.49. The minimum Gasteiger partial charge on any atom is -0.496 e. The summed E-state index contributed by atoms with van der Waals surface area (Å²) in [5, 5.41) is 11.0. The van der Waals surface area contributed by atoms with E-state index in [-0.39, 0.29) is 12.3 Å². The van der Waals surface area contributed by atoms with Gasteiger partial charge in [0, 0.05) is 12.6 Å². The van der Waals surface area contributed by atoms with E-state index in [4.69, 9.17) is 9.57 Å². The molecule has 0 saturated carbocycles. The number of hydrogen-bond donors (Lipinski definition) is 1. The summed E-state index contributed by atoms with van der Waals surface area (Å²) >= 11 is 0. The van der Waals surface area contributed by atoms with E-state index < -0.39 is 6.10 Å². The van der Waals surface area contributed by atoms with Crippen LogP contribution in [0.2, 0.25) is 0 Å². The smallest absolute Gasteiger partial charge is 0.248 e. The first kappa shape index (κ1) is 13.5. The Bertz CT molecular complexity index is 381. The van der Waals surface area contributed by atoms with Gasteiger partial charge in [0.1, 0.15) is 5.75 Å². The Balaban J connectivity index is 2.76. The van der Waals surface area contributed by atoms with Gasteiger partial charge in [-0.2, -0.15) is 0 Å². The molecule has 1 aromatic carbocycles. The zero-order chi connectivity index (χ0) is 12.8. The highest BCUT2D eigenvalue weighted by Crippen LogP contribution is 2.27. The first-order chi connectivity index (χ1) is 8.10. The third-order valence-corrected chi connectivity index (χ3v) is 2.49. The number of hydrogen-bond acceptors (Lipinski definition) is 4. The maximum absolute atomic E-state index is 11.6. The molecule has 0 aliphatic rings. The van der Waals surface area contributed by atoms with Crippen LogP contribution < -0.4 is 4.74 Å². The molecule has 94 valence electrons. The van der Waals surface area contributed by atoms with Crippen LogP contribution in [0.4, 0.5) is 0 Å². The largest absolute Gasteiger partial charge is 0.496 e. The van der Waals surface area contributed by atoms with Crippen molar-refractivity contribution in [2.45, 2.75) is 12.5 Å². The van der Waals surface area contributed by atoms with Crippen LogP contribution in [0.3, 0.4) is 0 Å². The molecule has 0 aromatic heterocycles. The zero-order valence-electron chi connectivity index (χ0n) is 10.2. The Hall–Kier alpha value is -1.59. The lowest BCUT2D eigenvalue weighted by molar-refractivity contribution is -0.170. The molecular weight excluding hydrogens is 222 g/mol. The zero-order valence-corrected chi connectivity index (χ0v) is 10.2. The molecule has 1 rings (SSSR count). The number of aliphatic hydroxyl groups excluding tert-OH is 1. The summed E-state index contributed by atoms with van der Waals surface area (Å²) in [6.45, 7) is 0. The van der Waals surface area contributed by atoms with Gasteiger partial charge in [-0.05, 0) is 6.07 Å².